The van der Waals surface area contributed by atoms with Crippen LogP contribution in [0.2, 0.25) is 0 Å². The third-order valence-corrected chi connectivity index (χ3v) is 4.93. The van der Waals surface area contributed by atoms with Crippen LogP contribution in [0.4, 0.5) is 4.79 Å². The van der Waals surface area contributed by atoms with Crippen molar-refractivity contribution in [1.29, 1.82) is 0 Å². The van der Waals surface area contributed by atoms with Gasteiger partial charge in [-0.15, -0.1) is 0 Å². The third-order valence-electron chi connectivity index (χ3n) is 3.80. The van der Waals surface area contributed by atoms with Crippen LogP contribution in [0.1, 0.15) is 42.5 Å². The van der Waals surface area contributed by atoms with Gasteiger partial charge in [0.1, 0.15) is 0 Å². The van der Waals surface area contributed by atoms with E-state index in [9.17, 15) is 9.59 Å². The van der Waals surface area contributed by atoms with Gasteiger partial charge in [0.25, 0.3) is 0 Å². The van der Waals surface area contributed by atoms with Crippen LogP contribution in [-0.4, -0.2) is 28.1 Å². The van der Waals surface area contributed by atoms with Gasteiger partial charge in [-0.3, -0.25) is 5.32 Å². The number of esters is 1. The van der Waals surface area contributed by atoms with E-state index >= 15 is 0 Å². The summed E-state index contributed by atoms with van der Waals surface area (Å²) < 4.78 is 3.99. The van der Waals surface area contributed by atoms with E-state index in [2.05, 4.69) is 26.6 Å². The molecule has 0 radical (unpaired) electrons. The van der Waals surface area contributed by atoms with E-state index in [0.717, 1.165) is 30.2 Å². The zero-order valence-corrected chi connectivity index (χ0v) is 17.1. The van der Waals surface area contributed by atoms with Crippen LogP contribution in [0, 0.1) is 0 Å². The molecular formula is C16H18BrCl3N2O3. The van der Waals surface area contributed by atoms with Gasteiger partial charge in [-0.1, -0.05) is 70.0 Å². The number of halogens is 4. The normalized spacial score (nSPS) is 16.8. The summed E-state index contributed by atoms with van der Waals surface area (Å²) in [6.45, 7) is 0. The molecule has 1 aromatic carbocycles. The van der Waals surface area contributed by atoms with Crippen molar-refractivity contribution < 1.29 is 14.3 Å². The molecule has 2 amide bonds. The molecule has 25 heavy (non-hydrogen) atoms. The molecule has 1 atom stereocenters. The maximum absolute atomic E-state index is 12.2. The van der Waals surface area contributed by atoms with Gasteiger partial charge in [-0.25, -0.2) is 9.59 Å². The SMILES string of the molecule is O=C(NC1CCCCC1)NC(OC(=O)c1ccc(Br)cc1)C(Cl)(Cl)Cl. The summed E-state index contributed by atoms with van der Waals surface area (Å²) in [5, 5.41) is 5.24. The summed E-state index contributed by atoms with van der Waals surface area (Å²) in [5.41, 5.74) is 0.275. The summed E-state index contributed by atoms with van der Waals surface area (Å²) in [5.74, 6) is -0.707. The van der Waals surface area contributed by atoms with Gasteiger partial charge in [0, 0.05) is 10.5 Å². The predicted molar refractivity (Wildman–Crippen MR) is 102 cm³/mol. The van der Waals surface area contributed by atoms with Crippen molar-refractivity contribution in [2.45, 2.75) is 48.2 Å². The Balaban J connectivity index is 1.97. The standard InChI is InChI=1S/C16H18BrCl3N2O3/c17-11-8-6-10(7-9-11)13(23)25-14(16(18,19)20)22-15(24)21-12-4-2-1-3-5-12/h6-9,12,14H,1-5H2,(H2,21,22,24). The molecule has 1 aromatic rings. The lowest BCUT2D eigenvalue weighted by atomic mass is 9.96. The first-order valence-electron chi connectivity index (χ1n) is 7.86. The van der Waals surface area contributed by atoms with Crippen LogP contribution in [0.15, 0.2) is 28.7 Å². The first-order valence-corrected chi connectivity index (χ1v) is 9.78. The van der Waals surface area contributed by atoms with E-state index < -0.39 is 22.0 Å². The molecule has 138 valence electrons. The lowest BCUT2D eigenvalue weighted by molar-refractivity contribution is 0.0255. The van der Waals surface area contributed by atoms with Crippen LogP contribution in [0.3, 0.4) is 0 Å². The van der Waals surface area contributed by atoms with Gasteiger partial charge in [0.15, 0.2) is 0 Å². The van der Waals surface area contributed by atoms with Crippen molar-refractivity contribution in [1.82, 2.24) is 10.6 Å². The number of urea groups is 1. The Bertz CT molecular complexity index is 602. The number of ether oxygens (including phenoxy) is 1. The highest BCUT2D eigenvalue weighted by molar-refractivity contribution is 9.10. The maximum atomic E-state index is 12.2. The molecule has 0 aromatic heterocycles. The first-order chi connectivity index (χ1) is 11.8. The summed E-state index contributed by atoms with van der Waals surface area (Å²) >= 11 is 20.8. The van der Waals surface area contributed by atoms with E-state index in [-0.39, 0.29) is 11.6 Å². The zero-order valence-electron chi connectivity index (χ0n) is 13.2. The summed E-state index contributed by atoms with van der Waals surface area (Å²) in [6, 6.07) is 6.03. The van der Waals surface area contributed by atoms with E-state index in [1.54, 1.807) is 24.3 Å². The summed E-state index contributed by atoms with van der Waals surface area (Å²) in [6.07, 6.45) is 3.70. The number of hydrogen-bond donors (Lipinski definition) is 2. The second kappa shape index (κ2) is 9.31. The second-order valence-electron chi connectivity index (χ2n) is 5.79. The molecule has 9 heteroatoms. The molecule has 0 saturated heterocycles. The molecule has 1 unspecified atom stereocenters. The number of hydrogen-bond acceptors (Lipinski definition) is 3. The highest BCUT2D eigenvalue weighted by atomic mass is 79.9. The number of alkyl halides is 3. The smallest absolute Gasteiger partial charge is 0.340 e. The fourth-order valence-corrected chi connectivity index (χ4v) is 3.09. The molecule has 1 aliphatic rings. The minimum Gasteiger partial charge on any atom is -0.433 e. The van der Waals surface area contributed by atoms with Crippen LogP contribution < -0.4 is 10.6 Å². The van der Waals surface area contributed by atoms with Crippen molar-refractivity contribution in [3.63, 3.8) is 0 Å². The first kappa shape index (κ1) is 20.6. The van der Waals surface area contributed by atoms with Crippen molar-refractivity contribution >= 4 is 62.7 Å². The predicted octanol–water partition coefficient (Wildman–Crippen LogP) is 4.93. The zero-order chi connectivity index (χ0) is 18.4. The molecule has 0 aliphatic heterocycles. The fraction of sp³-hybridized carbons (Fsp3) is 0.500. The van der Waals surface area contributed by atoms with Gasteiger partial charge in [-0.2, -0.15) is 0 Å². The lowest BCUT2D eigenvalue weighted by Gasteiger charge is -2.28. The Morgan fingerprint density at radius 2 is 1.72 bits per heavy atom. The van der Waals surface area contributed by atoms with Crippen molar-refractivity contribution in [3.05, 3.63) is 34.3 Å². The van der Waals surface area contributed by atoms with E-state index in [0.29, 0.717) is 0 Å². The van der Waals surface area contributed by atoms with Crippen molar-refractivity contribution in [3.8, 4) is 0 Å². The molecule has 1 saturated carbocycles. The van der Waals surface area contributed by atoms with Gasteiger partial charge in [0.05, 0.1) is 5.56 Å². The van der Waals surface area contributed by atoms with Gasteiger partial charge in [0.2, 0.25) is 10.0 Å². The third kappa shape index (κ3) is 6.85. The highest BCUT2D eigenvalue weighted by Gasteiger charge is 2.38. The molecule has 0 spiro atoms. The molecular weight excluding hydrogens is 454 g/mol. The van der Waals surface area contributed by atoms with E-state index in [4.69, 9.17) is 39.5 Å². The monoisotopic (exact) mass is 470 g/mol. The Kier molecular flexibility index (Phi) is 7.68. The van der Waals surface area contributed by atoms with Crippen LogP contribution >= 0.6 is 50.7 Å². The summed E-state index contributed by atoms with van der Waals surface area (Å²) in [7, 11) is 0. The highest BCUT2D eigenvalue weighted by Crippen LogP contribution is 2.31. The van der Waals surface area contributed by atoms with Crippen molar-refractivity contribution in [2.24, 2.45) is 0 Å². The fourth-order valence-electron chi connectivity index (χ4n) is 2.53. The Morgan fingerprint density at radius 3 is 2.28 bits per heavy atom. The summed E-state index contributed by atoms with van der Waals surface area (Å²) in [4.78, 5) is 24.3. The van der Waals surface area contributed by atoms with Gasteiger partial charge >= 0.3 is 12.0 Å². The molecule has 1 fully saturated rings. The molecule has 1 aliphatic carbocycles. The number of carbonyl (C=O) groups excluding carboxylic acids is 2. The van der Waals surface area contributed by atoms with Gasteiger partial charge < -0.3 is 10.1 Å². The number of nitrogens with one attached hydrogen (secondary N) is 2. The average Bonchev–Trinajstić information content (AvgIpc) is 2.54. The largest absolute Gasteiger partial charge is 0.433 e. The van der Waals surface area contributed by atoms with Gasteiger partial charge in [-0.05, 0) is 37.1 Å². The lowest BCUT2D eigenvalue weighted by Crippen LogP contribution is -2.52. The quantitative estimate of drug-likeness (QED) is 0.371. The minimum atomic E-state index is -2.01. The van der Waals surface area contributed by atoms with E-state index in [1.807, 2.05) is 0 Å². The molecule has 0 heterocycles. The number of amides is 2. The minimum absolute atomic E-state index is 0.0759. The number of carbonyl (C=O) groups is 2. The average molecular weight is 473 g/mol. The second-order valence-corrected chi connectivity index (χ2v) is 9.07. The number of rotatable bonds is 4. The Labute approximate surface area is 169 Å². The Morgan fingerprint density at radius 1 is 1.12 bits per heavy atom. The molecule has 2 N–H and O–H groups in total. The van der Waals surface area contributed by atoms with Crippen LogP contribution in [-0.2, 0) is 4.74 Å². The van der Waals surface area contributed by atoms with Crippen molar-refractivity contribution in [2.75, 3.05) is 0 Å². The molecule has 2 rings (SSSR count). The topological polar surface area (TPSA) is 67.4 Å². The van der Waals surface area contributed by atoms with Crippen LogP contribution in [0.25, 0.3) is 0 Å². The van der Waals surface area contributed by atoms with E-state index in [1.165, 1.54) is 6.42 Å². The Hall–Kier alpha value is -0.690. The maximum Gasteiger partial charge on any atom is 0.340 e. The van der Waals surface area contributed by atoms with Crippen LogP contribution in [0.5, 0.6) is 0 Å². The molecule has 0 bridgehead atoms. The molecule has 5 nitrogen and oxygen atoms in total. The number of benzene rings is 1.